The maximum Gasteiger partial charge on any atom is 0.341 e. The lowest BCUT2D eigenvalue weighted by molar-refractivity contribution is 0.0529. The van der Waals surface area contributed by atoms with Gasteiger partial charge in [-0.05, 0) is 47.5 Å². The third-order valence-electron chi connectivity index (χ3n) is 4.73. The van der Waals surface area contributed by atoms with Crippen LogP contribution in [0.4, 0.5) is 5.00 Å². The Morgan fingerprint density at radius 1 is 1.00 bits per heavy atom. The molecule has 4 nitrogen and oxygen atoms in total. The topological polar surface area (TPSA) is 55.4 Å². The number of amides is 1. The van der Waals surface area contributed by atoms with E-state index in [4.69, 9.17) is 27.9 Å². The summed E-state index contributed by atoms with van der Waals surface area (Å²) < 4.78 is 5.28. The van der Waals surface area contributed by atoms with E-state index in [2.05, 4.69) is 5.32 Å². The van der Waals surface area contributed by atoms with Gasteiger partial charge in [0.05, 0.1) is 17.2 Å². The predicted octanol–water partition coefficient (Wildman–Crippen LogP) is 7.30. The first kappa shape index (κ1) is 21.4. The number of rotatable bonds is 5. The number of thiophene rings is 1. The molecule has 0 bridgehead atoms. The van der Waals surface area contributed by atoms with Crippen LogP contribution < -0.4 is 5.32 Å². The number of anilines is 1. The lowest BCUT2D eigenvalue weighted by Crippen LogP contribution is -2.15. The van der Waals surface area contributed by atoms with Gasteiger partial charge >= 0.3 is 5.97 Å². The molecule has 0 aliphatic rings. The minimum absolute atomic E-state index is 0.222. The Hall–Kier alpha value is -2.86. The molecule has 0 unspecified atom stereocenters. The van der Waals surface area contributed by atoms with E-state index >= 15 is 0 Å². The second-order valence-electron chi connectivity index (χ2n) is 6.71. The summed E-state index contributed by atoms with van der Waals surface area (Å²) in [5.41, 5.74) is 2.10. The van der Waals surface area contributed by atoms with Gasteiger partial charge in [-0.25, -0.2) is 4.79 Å². The predicted molar refractivity (Wildman–Crippen MR) is 128 cm³/mol. The minimum atomic E-state index is -0.501. The number of halogens is 2. The van der Waals surface area contributed by atoms with Gasteiger partial charge in [-0.1, -0.05) is 59.6 Å². The summed E-state index contributed by atoms with van der Waals surface area (Å²) in [6, 6.07) is 18.6. The molecule has 31 heavy (non-hydrogen) atoms. The molecule has 0 spiro atoms. The zero-order valence-electron chi connectivity index (χ0n) is 16.4. The van der Waals surface area contributed by atoms with Crippen LogP contribution in [0.5, 0.6) is 0 Å². The Morgan fingerprint density at radius 2 is 1.77 bits per heavy atom. The summed E-state index contributed by atoms with van der Waals surface area (Å²) in [5, 5.41) is 7.84. The molecule has 0 aliphatic carbocycles. The van der Waals surface area contributed by atoms with Gasteiger partial charge in [0.1, 0.15) is 10.6 Å². The Kier molecular flexibility index (Phi) is 6.28. The largest absolute Gasteiger partial charge is 0.462 e. The second kappa shape index (κ2) is 9.10. The molecule has 0 saturated carbocycles. The third kappa shape index (κ3) is 4.44. The fraction of sp³-hybridized carbons (Fsp3) is 0.0833. The second-order valence-corrected chi connectivity index (χ2v) is 8.44. The van der Waals surface area contributed by atoms with E-state index in [0.717, 1.165) is 16.3 Å². The minimum Gasteiger partial charge on any atom is -0.462 e. The average Bonchev–Trinajstić information content (AvgIpc) is 3.18. The molecule has 1 aromatic heterocycles. The molecule has 0 saturated heterocycles. The van der Waals surface area contributed by atoms with Crippen molar-refractivity contribution in [1.29, 1.82) is 0 Å². The molecule has 1 N–H and O–H groups in total. The summed E-state index contributed by atoms with van der Waals surface area (Å²) >= 11 is 13.4. The van der Waals surface area contributed by atoms with E-state index in [1.807, 2.05) is 47.8 Å². The summed E-state index contributed by atoms with van der Waals surface area (Å²) in [4.78, 5) is 25.7. The summed E-state index contributed by atoms with van der Waals surface area (Å²) in [5.74, 6) is -0.954. The van der Waals surface area contributed by atoms with Crippen LogP contribution in [-0.2, 0) is 4.74 Å². The van der Waals surface area contributed by atoms with Gasteiger partial charge in [-0.3, -0.25) is 4.79 Å². The first-order valence-corrected chi connectivity index (χ1v) is 11.2. The van der Waals surface area contributed by atoms with Gasteiger partial charge < -0.3 is 10.1 Å². The van der Waals surface area contributed by atoms with Crippen molar-refractivity contribution in [1.82, 2.24) is 0 Å². The van der Waals surface area contributed by atoms with Crippen molar-refractivity contribution in [3.8, 4) is 11.1 Å². The van der Waals surface area contributed by atoms with Gasteiger partial charge in [0.2, 0.25) is 0 Å². The molecule has 7 heteroatoms. The number of hydrogen-bond acceptors (Lipinski definition) is 4. The number of carbonyl (C=O) groups excluding carboxylic acids is 2. The number of hydrogen-bond donors (Lipinski definition) is 1. The number of esters is 1. The molecule has 0 fully saturated rings. The monoisotopic (exact) mass is 469 g/mol. The van der Waals surface area contributed by atoms with Gasteiger partial charge in [0.25, 0.3) is 5.91 Å². The van der Waals surface area contributed by atoms with Crippen molar-refractivity contribution in [3.05, 3.63) is 87.2 Å². The number of ether oxygens (including phenoxy) is 1. The van der Waals surface area contributed by atoms with Crippen molar-refractivity contribution in [2.24, 2.45) is 0 Å². The van der Waals surface area contributed by atoms with Crippen LogP contribution in [0.25, 0.3) is 21.9 Å². The van der Waals surface area contributed by atoms with Crippen LogP contribution in [0.3, 0.4) is 0 Å². The third-order valence-corrected chi connectivity index (χ3v) is 6.19. The van der Waals surface area contributed by atoms with Gasteiger partial charge in [0.15, 0.2) is 0 Å². The molecule has 156 valence electrons. The Morgan fingerprint density at radius 3 is 2.55 bits per heavy atom. The smallest absolute Gasteiger partial charge is 0.341 e. The SMILES string of the molecule is CCOC(=O)c1c(-c2ccc3ccccc3c2)csc1NC(=O)c1cc(Cl)ccc1Cl. The van der Waals surface area contributed by atoms with Gasteiger partial charge in [-0.15, -0.1) is 11.3 Å². The number of fused-ring (bicyclic) bond motifs is 1. The highest BCUT2D eigenvalue weighted by molar-refractivity contribution is 7.15. The van der Waals surface area contributed by atoms with Crippen molar-refractivity contribution in [3.63, 3.8) is 0 Å². The Labute approximate surface area is 193 Å². The van der Waals surface area contributed by atoms with E-state index in [-0.39, 0.29) is 17.2 Å². The standard InChI is InChI=1S/C24H17Cl2NO3S/c1-2-30-24(29)21-19(16-8-7-14-5-3-4-6-15(14)11-16)13-31-23(21)27-22(28)18-12-17(25)9-10-20(18)26/h3-13H,2H2,1H3,(H,27,28). The maximum absolute atomic E-state index is 12.8. The zero-order valence-corrected chi connectivity index (χ0v) is 18.8. The lowest BCUT2D eigenvalue weighted by Gasteiger charge is -2.10. The first-order valence-electron chi connectivity index (χ1n) is 9.52. The van der Waals surface area contributed by atoms with Crippen LogP contribution in [0.1, 0.15) is 27.6 Å². The zero-order chi connectivity index (χ0) is 22.0. The average molecular weight is 470 g/mol. The molecule has 3 aromatic carbocycles. The molecular weight excluding hydrogens is 453 g/mol. The lowest BCUT2D eigenvalue weighted by atomic mass is 10.00. The molecule has 0 atom stereocenters. The van der Waals surface area contributed by atoms with E-state index in [1.54, 1.807) is 19.1 Å². The van der Waals surface area contributed by atoms with Crippen LogP contribution in [0.2, 0.25) is 10.0 Å². The quantitative estimate of drug-likeness (QED) is 0.311. The van der Waals surface area contributed by atoms with Crippen molar-refractivity contribution in [2.45, 2.75) is 6.92 Å². The maximum atomic E-state index is 12.8. The van der Waals surface area contributed by atoms with Crippen molar-refractivity contribution < 1.29 is 14.3 Å². The molecular formula is C24H17Cl2NO3S. The van der Waals surface area contributed by atoms with E-state index in [0.29, 0.717) is 21.2 Å². The van der Waals surface area contributed by atoms with E-state index in [1.165, 1.54) is 17.4 Å². The summed E-state index contributed by atoms with van der Waals surface area (Å²) in [6.07, 6.45) is 0. The van der Waals surface area contributed by atoms with Crippen molar-refractivity contribution >= 4 is 62.2 Å². The van der Waals surface area contributed by atoms with Crippen molar-refractivity contribution in [2.75, 3.05) is 11.9 Å². The fourth-order valence-electron chi connectivity index (χ4n) is 3.27. The van der Waals surface area contributed by atoms with E-state index < -0.39 is 11.9 Å². The molecule has 0 radical (unpaired) electrons. The molecule has 1 heterocycles. The van der Waals surface area contributed by atoms with Crippen LogP contribution in [-0.4, -0.2) is 18.5 Å². The molecule has 0 aliphatic heterocycles. The van der Waals surface area contributed by atoms with Crippen LogP contribution in [0, 0.1) is 0 Å². The Bertz CT molecular complexity index is 1300. The van der Waals surface area contributed by atoms with Crippen LogP contribution >= 0.6 is 34.5 Å². The van der Waals surface area contributed by atoms with Crippen LogP contribution in [0.15, 0.2) is 66.0 Å². The number of carbonyl (C=O) groups is 2. The van der Waals surface area contributed by atoms with E-state index in [9.17, 15) is 9.59 Å². The summed E-state index contributed by atoms with van der Waals surface area (Å²) in [6.45, 7) is 1.96. The highest BCUT2D eigenvalue weighted by atomic mass is 35.5. The fourth-order valence-corrected chi connectivity index (χ4v) is 4.59. The number of nitrogens with one attached hydrogen (secondary N) is 1. The molecule has 4 aromatic rings. The normalized spacial score (nSPS) is 10.8. The molecule has 1 amide bonds. The number of benzene rings is 3. The molecule has 4 rings (SSSR count). The highest BCUT2D eigenvalue weighted by Crippen LogP contribution is 2.38. The van der Waals surface area contributed by atoms with Gasteiger partial charge in [-0.2, -0.15) is 0 Å². The highest BCUT2D eigenvalue weighted by Gasteiger charge is 2.24. The Balaban J connectivity index is 1.76. The van der Waals surface area contributed by atoms with Gasteiger partial charge in [0, 0.05) is 16.0 Å². The summed E-state index contributed by atoms with van der Waals surface area (Å²) in [7, 11) is 0. The first-order chi connectivity index (χ1) is 15.0.